The first-order valence-corrected chi connectivity index (χ1v) is 6.42. The standard InChI is InChI=1S/C15H26N2O/c1-12(10-18-5)17(4)11-15(2,3)13-6-8-14(16)9-7-13/h6-9,12H,10-11,16H2,1-5H3. The maximum Gasteiger partial charge on any atom is 0.0615 e. The van der Waals surface area contributed by atoms with Gasteiger partial charge in [0.2, 0.25) is 0 Å². The first-order valence-electron chi connectivity index (χ1n) is 6.42. The summed E-state index contributed by atoms with van der Waals surface area (Å²) in [6.45, 7) is 8.45. The summed E-state index contributed by atoms with van der Waals surface area (Å²) >= 11 is 0. The molecule has 3 heteroatoms. The minimum Gasteiger partial charge on any atom is -0.399 e. The number of rotatable bonds is 6. The van der Waals surface area contributed by atoms with Crippen LogP contribution in [0.2, 0.25) is 0 Å². The number of ether oxygens (including phenoxy) is 1. The topological polar surface area (TPSA) is 38.5 Å². The van der Waals surface area contributed by atoms with Gasteiger partial charge >= 0.3 is 0 Å². The van der Waals surface area contributed by atoms with Crippen LogP contribution in [-0.4, -0.2) is 38.3 Å². The van der Waals surface area contributed by atoms with Gasteiger partial charge in [-0.1, -0.05) is 26.0 Å². The van der Waals surface area contributed by atoms with Crippen LogP contribution >= 0.6 is 0 Å². The summed E-state index contributed by atoms with van der Waals surface area (Å²) in [5.41, 5.74) is 7.96. The summed E-state index contributed by atoms with van der Waals surface area (Å²) in [7, 11) is 3.89. The van der Waals surface area contributed by atoms with E-state index in [0.29, 0.717) is 6.04 Å². The van der Waals surface area contributed by atoms with Crippen LogP contribution in [0.15, 0.2) is 24.3 Å². The van der Waals surface area contributed by atoms with Crippen molar-refractivity contribution in [1.29, 1.82) is 0 Å². The fraction of sp³-hybridized carbons (Fsp3) is 0.600. The molecule has 0 spiro atoms. The second kappa shape index (κ2) is 6.21. The van der Waals surface area contributed by atoms with Gasteiger partial charge in [0, 0.05) is 30.8 Å². The molecule has 102 valence electrons. The third-order valence-corrected chi connectivity index (χ3v) is 3.50. The van der Waals surface area contributed by atoms with Crippen molar-refractivity contribution < 1.29 is 4.74 Å². The van der Waals surface area contributed by atoms with Crippen LogP contribution in [0.3, 0.4) is 0 Å². The lowest BCUT2D eigenvalue weighted by atomic mass is 9.84. The van der Waals surface area contributed by atoms with Gasteiger partial charge in [-0.2, -0.15) is 0 Å². The zero-order chi connectivity index (χ0) is 13.8. The molecule has 3 nitrogen and oxygen atoms in total. The lowest BCUT2D eigenvalue weighted by molar-refractivity contribution is 0.104. The Labute approximate surface area is 111 Å². The van der Waals surface area contributed by atoms with Gasteiger partial charge in [0.05, 0.1) is 6.61 Å². The number of nitrogen functional groups attached to an aromatic ring is 1. The quantitative estimate of drug-likeness (QED) is 0.788. The van der Waals surface area contributed by atoms with Crippen LogP contribution < -0.4 is 5.73 Å². The van der Waals surface area contributed by atoms with Crippen molar-refractivity contribution in [3.8, 4) is 0 Å². The van der Waals surface area contributed by atoms with E-state index in [1.54, 1.807) is 7.11 Å². The molecule has 1 atom stereocenters. The van der Waals surface area contributed by atoms with E-state index in [4.69, 9.17) is 10.5 Å². The molecule has 0 bridgehead atoms. The Bertz CT molecular complexity index is 359. The maximum absolute atomic E-state index is 5.73. The zero-order valence-corrected chi connectivity index (χ0v) is 12.2. The van der Waals surface area contributed by atoms with Gasteiger partial charge in [-0.15, -0.1) is 0 Å². The lowest BCUT2D eigenvalue weighted by Crippen LogP contribution is -2.41. The smallest absolute Gasteiger partial charge is 0.0615 e. The van der Waals surface area contributed by atoms with Crippen LogP contribution in [0.1, 0.15) is 26.3 Å². The number of methoxy groups -OCH3 is 1. The molecule has 0 aliphatic heterocycles. The Morgan fingerprint density at radius 3 is 2.33 bits per heavy atom. The van der Waals surface area contributed by atoms with Crippen molar-refractivity contribution in [3.05, 3.63) is 29.8 Å². The van der Waals surface area contributed by atoms with Crippen molar-refractivity contribution in [1.82, 2.24) is 4.90 Å². The number of nitrogens with two attached hydrogens (primary N) is 1. The third kappa shape index (κ3) is 4.00. The molecule has 0 saturated heterocycles. The fourth-order valence-corrected chi connectivity index (χ4v) is 2.17. The molecule has 0 fully saturated rings. The maximum atomic E-state index is 5.73. The highest BCUT2D eigenvalue weighted by atomic mass is 16.5. The van der Waals surface area contributed by atoms with E-state index in [1.165, 1.54) is 5.56 Å². The fourth-order valence-electron chi connectivity index (χ4n) is 2.17. The van der Waals surface area contributed by atoms with E-state index in [1.807, 2.05) is 12.1 Å². The van der Waals surface area contributed by atoms with E-state index >= 15 is 0 Å². The van der Waals surface area contributed by atoms with Crippen molar-refractivity contribution >= 4 is 5.69 Å². The van der Waals surface area contributed by atoms with Gasteiger partial charge in [0.25, 0.3) is 0 Å². The number of nitrogens with zero attached hydrogens (tertiary/aromatic N) is 1. The molecule has 1 aromatic rings. The van der Waals surface area contributed by atoms with Gasteiger partial charge in [-0.3, -0.25) is 0 Å². The van der Waals surface area contributed by atoms with Crippen molar-refractivity contribution in [3.63, 3.8) is 0 Å². The first kappa shape index (κ1) is 15.0. The minimum absolute atomic E-state index is 0.102. The Morgan fingerprint density at radius 2 is 1.83 bits per heavy atom. The molecule has 0 saturated carbocycles. The number of hydrogen-bond donors (Lipinski definition) is 1. The van der Waals surface area contributed by atoms with E-state index in [9.17, 15) is 0 Å². The highest BCUT2D eigenvalue weighted by Gasteiger charge is 2.24. The first-order chi connectivity index (χ1) is 8.36. The monoisotopic (exact) mass is 250 g/mol. The summed E-state index contributed by atoms with van der Waals surface area (Å²) in [6, 6.07) is 8.59. The van der Waals surface area contributed by atoms with Gasteiger partial charge in [0.1, 0.15) is 0 Å². The van der Waals surface area contributed by atoms with Crippen molar-refractivity contribution in [2.75, 3.05) is 33.0 Å². The third-order valence-electron chi connectivity index (χ3n) is 3.50. The van der Waals surface area contributed by atoms with Gasteiger partial charge in [-0.05, 0) is 31.7 Å². The van der Waals surface area contributed by atoms with Gasteiger partial charge in [0.15, 0.2) is 0 Å². The molecule has 18 heavy (non-hydrogen) atoms. The Kier molecular flexibility index (Phi) is 5.17. The second-order valence-electron chi connectivity index (χ2n) is 5.73. The van der Waals surface area contributed by atoms with E-state index in [0.717, 1.165) is 18.8 Å². The van der Waals surface area contributed by atoms with Gasteiger partial charge in [-0.25, -0.2) is 0 Å². The molecule has 1 rings (SSSR count). The summed E-state index contributed by atoms with van der Waals surface area (Å²) in [5, 5.41) is 0. The molecule has 1 unspecified atom stereocenters. The summed E-state index contributed by atoms with van der Waals surface area (Å²) in [5.74, 6) is 0. The van der Waals surface area contributed by atoms with Crippen LogP contribution in [0.5, 0.6) is 0 Å². The molecule has 0 heterocycles. The Balaban J connectivity index is 2.71. The lowest BCUT2D eigenvalue weighted by Gasteiger charge is -2.34. The van der Waals surface area contributed by atoms with E-state index in [-0.39, 0.29) is 5.41 Å². The number of anilines is 1. The summed E-state index contributed by atoms with van der Waals surface area (Å²) in [6.07, 6.45) is 0. The van der Waals surface area contributed by atoms with Crippen LogP contribution in [0.4, 0.5) is 5.69 Å². The highest BCUT2D eigenvalue weighted by molar-refractivity contribution is 5.41. The number of likely N-dealkylation sites (N-methyl/N-ethyl adjacent to an activating group) is 1. The Morgan fingerprint density at radius 1 is 1.28 bits per heavy atom. The largest absolute Gasteiger partial charge is 0.399 e. The van der Waals surface area contributed by atoms with Crippen molar-refractivity contribution in [2.45, 2.75) is 32.2 Å². The predicted octanol–water partition coefficient (Wildman–Crippen LogP) is 2.51. The number of hydrogen-bond acceptors (Lipinski definition) is 3. The number of benzene rings is 1. The predicted molar refractivity (Wildman–Crippen MR) is 77.8 cm³/mol. The normalized spacial score (nSPS) is 13.9. The van der Waals surface area contributed by atoms with Crippen LogP contribution in [0.25, 0.3) is 0 Å². The molecule has 2 N–H and O–H groups in total. The summed E-state index contributed by atoms with van der Waals surface area (Å²) in [4.78, 5) is 2.33. The average molecular weight is 250 g/mol. The molecular weight excluding hydrogens is 224 g/mol. The average Bonchev–Trinajstić information content (AvgIpc) is 2.29. The molecule has 1 aromatic carbocycles. The van der Waals surface area contributed by atoms with E-state index in [2.05, 4.69) is 44.9 Å². The molecular formula is C15H26N2O. The molecule has 0 aromatic heterocycles. The summed E-state index contributed by atoms with van der Waals surface area (Å²) < 4.78 is 5.20. The van der Waals surface area contributed by atoms with E-state index < -0.39 is 0 Å². The SMILES string of the molecule is COCC(C)N(C)CC(C)(C)c1ccc(N)cc1. The Hall–Kier alpha value is -1.06. The zero-order valence-electron chi connectivity index (χ0n) is 12.2. The van der Waals surface area contributed by atoms with Crippen LogP contribution in [0, 0.1) is 0 Å². The molecule has 0 radical (unpaired) electrons. The van der Waals surface area contributed by atoms with Gasteiger partial charge < -0.3 is 15.4 Å². The van der Waals surface area contributed by atoms with Crippen molar-refractivity contribution in [2.24, 2.45) is 0 Å². The molecule has 0 amide bonds. The molecule has 0 aliphatic rings. The highest BCUT2D eigenvalue weighted by Crippen LogP contribution is 2.25. The second-order valence-corrected chi connectivity index (χ2v) is 5.73. The van der Waals surface area contributed by atoms with Crippen LogP contribution in [-0.2, 0) is 10.2 Å². The molecule has 0 aliphatic carbocycles. The minimum atomic E-state index is 0.102.